The lowest BCUT2D eigenvalue weighted by molar-refractivity contribution is -0.385. The van der Waals surface area contributed by atoms with Crippen LogP contribution in [0.3, 0.4) is 0 Å². The van der Waals surface area contributed by atoms with Crippen LogP contribution in [-0.2, 0) is 4.74 Å². The molecule has 9 heteroatoms. The number of nitro groups is 1. The van der Waals surface area contributed by atoms with Crippen molar-refractivity contribution < 1.29 is 19.1 Å². The van der Waals surface area contributed by atoms with Crippen LogP contribution in [-0.4, -0.2) is 81.4 Å². The molecule has 140 valence electrons. The summed E-state index contributed by atoms with van der Waals surface area (Å²) in [6, 6.07) is 2.70. The van der Waals surface area contributed by atoms with E-state index in [2.05, 4.69) is 9.80 Å². The van der Waals surface area contributed by atoms with Crippen LogP contribution in [0, 0.1) is 10.1 Å². The fourth-order valence-corrected chi connectivity index (χ4v) is 2.71. The Hall–Kier alpha value is -1.61. The Morgan fingerprint density at radius 2 is 2.04 bits per heavy atom. The second-order valence-electron chi connectivity index (χ2n) is 5.82. The molecule has 0 N–H and O–H groups in total. The van der Waals surface area contributed by atoms with Crippen LogP contribution in [0.25, 0.3) is 0 Å². The smallest absolute Gasteiger partial charge is 0.312 e. The Balaban J connectivity index is 1.79. The van der Waals surface area contributed by atoms with Gasteiger partial charge in [0.05, 0.1) is 30.3 Å². The molecule has 0 unspecified atom stereocenters. The number of hydrogen-bond acceptors (Lipinski definition) is 7. The highest BCUT2D eigenvalue weighted by Gasteiger charge is 2.19. The van der Waals surface area contributed by atoms with E-state index in [0.717, 1.165) is 45.9 Å². The monoisotopic (exact) mass is 373 g/mol. The number of benzene rings is 1. The van der Waals surface area contributed by atoms with Gasteiger partial charge in [-0.1, -0.05) is 11.6 Å². The van der Waals surface area contributed by atoms with Crippen LogP contribution >= 0.6 is 11.6 Å². The molecule has 1 saturated heterocycles. The van der Waals surface area contributed by atoms with Gasteiger partial charge in [0.15, 0.2) is 0 Å². The zero-order valence-corrected chi connectivity index (χ0v) is 15.3. The average molecular weight is 374 g/mol. The van der Waals surface area contributed by atoms with Gasteiger partial charge in [0.2, 0.25) is 5.75 Å². The van der Waals surface area contributed by atoms with Gasteiger partial charge in [-0.2, -0.15) is 0 Å². The van der Waals surface area contributed by atoms with Crippen molar-refractivity contribution in [3.8, 4) is 11.5 Å². The molecule has 0 amide bonds. The van der Waals surface area contributed by atoms with Crippen LogP contribution in [0.15, 0.2) is 12.1 Å². The Kier molecular flexibility index (Phi) is 7.70. The van der Waals surface area contributed by atoms with Crippen molar-refractivity contribution in [2.75, 3.05) is 66.7 Å². The minimum absolute atomic E-state index is 0.130. The number of ether oxygens (including phenoxy) is 3. The van der Waals surface area contributed by atoms with Gasteiger partial charge in [-0.15, -0.1) is 0 Å². The van der Waals surface area contributed by atoms with Gasteiger partial charge in [-0.05, 0) is 7.05 Å². The van der Waals surface area contributed by atoms with Crippen LogP contribution < -0.4 is 9.47 Å². The van der Waals surface area contributed by atoms with Crippen molar-refractivity contribution in [1.82, 2.24) is 9.80 Å². The molecule has 1 aliphatic heterocycles. The van der Waals surface area contributed by atoms with Gasteiger partial charge in [0, 0.05) is 44.9 Å². The summed E-state index contributed by atoms with van der Waals surface area (Å²) >= 11 is 6.06. The first-order chi connectivity index (χ1) is 12.0. The number of nitro benzene ring substituents is 1. The van der Waals surface area contributed by atoms with E-state index in [1.54, 1.807) is 0 Å². The molecule has 0 spiro atoms. The maximum absolute atomic E-state index is 11.0. The third-order valence-electron chi connectivity index (χ3n) is 4.06. The Labute approximate surface area is 152 Å². The zero-order valence-electron chi connectivity index (χ0n) is 14.6. The number of morpholine rings is 1. The molecule has 8 nitrogen and oxygen atoms in total. The highest BCUT2D eigenvalue weighted by molar-refractivity contribution is 6.32. The van der Waals surface area contributed by atoms with E-state index in [9.17, 15) is 10.1 Å². The van der Waals surface area contributed by atoms with E-state index >= 15 is 0 Å². The summed E-state index contributed by atoms with van der Waals surface area (Å²) in [6.07, 6.45) is 0. The molecule has 25 heavy (non-hydrogen) atoms. The van der Waals surface area contributed by atoms with Gasteiger partial charge in [0.25, 0.3) is 0 Å². The minimum atomic E-state index is -0.534. The fourth-order valence-electron chi connectivity index (χ4n) is 2.50. The summed E-state index contributed by atoms with van der Waals surface area (Å²) in [5, 5.41) is 11.2. The Morgan fingerprint density at radius 1 is 1.32 bits per heavy atom. The standard InChI is InChI=1S/C16H24ClN3O5/c1-18(3-4-19-6-8-24-9-7-19)5-10-25-15-12-16(23-2)14(20(21)22)11-13(15)17/h11-12H,3-10H2,1-2H3. The van der Waals surface area contributed by atoms with E-state index < -0.39 is 4.92 Å². The van der Waals surface area contributed by atoms with Crippen molar-refractivity contribution in [1.29, 1.82) is 0 Å². The molecule has 0 radical (unpaired) electrons. The third-order valence-corrected chi connectivity index (χ3v) is 4.36. The van der Waals surface area contributed by atoms with Crippen molar-refractivity contribution in [2.45, 2.75) is 0 Å². The first kappa shape index (κ1) is 19.7. The molecular weight excluding hydrogens is 350 g/mol. The number of nitrogens with zero attached hydrogens (tertiary/aromatic N) is 3. The van der Waals surface area contributed by atoms with E-state index in [-0.39, 0.29) is 16.5 Å². The molecule has 2 rings (SSSR count). The molecule has 1 aromatic rings. The van der Waals surface area contributed by atoms with E-state index in [1.807, 2.05) is 7.05 Å². The lowest BCUT2D eigenvalue weighted by atomic mass is 10.3. The predicted octanol–water partition coefficient (Wildman–Crippen LogP) is 1.90. The minimum Gasteiger partial charge on any atom is -0.491 e. The fraction of sp³-hybridized carbons (Fsp3) is 0.625. The second kappa shape index (κ2) is 9.76. The normalized spacial score (nSPS) is 15.4. The molecule has 0 aromatic heterocycles. The molecule has 0 bridgehead atoms. The Morgan fingerprint density at radius 3 is 2.68 bits per heavy atom. The van der Waals surface area contributed by atoms with Crippen molar-refractivity contribution in [3.63, 3.8) is 0 Å². The molecule has 0 saturated carbocycles. The largest absolute Gasteiger partial charge is 0.491 e. The Bertz CT molecular complexity index is 581. The van der Waals surface area contributed by atoms with E-state index in [1.165, 1.54) is 19.2 Å². The highest BCUT2D eigenvalue weighted by atomic mass is 35.5. The summed E-state index contributed by atoms with van der Waals surface area (Å²) in [6.45, 7) is 6.62. The van der Waals surface area contributed by atoms with Gasteiger partial charge >= 0.3 is 5.69 Å². The quantitative estimate of drug-likeness (QED) is 0.483. The first-order valence-corrected chi connectivity index (χ1v) is 8.52. The molecular formula is C16H24ClN3O5. The number of hydrogen-bond donors (Lipinski definition) is 0. The van der Waals surface area contributed by atoms with Crippen LogP contribution in [0.1, 0.15) is 0 Å². The van der Waals surface area contributed by atoms with Crippen molar-refractivity contribution in [2.24, 2.45) is 0 Å². The van der Waals surface area contributed by atoms with Gasteiger partial charge in [-0.3, -0.25) is 15.0 Å². The number of halogens is 1. The third kappa shape index (κ3) is 6.00. The van der Waals surface area contributed by atoms with Crippen LogP contribution in [0.2, 0.25) is 5.02 Å². The summed E-state index contributed by atoms with van der Waals surface area (Å²) in [5.41, 5.74) is -0.178. The van der Waals surface area contributed by atoms with Crippen molar-refractivity contribution in [3.05, 3.63) is 27.3 Å². The topological polar surface area (TPSA) is 77.3 Å². The zero-order chi connectivity index (χ0) is 18.2. The van der Waals surface area contributed by atoms with Gasteiger partial charge in [0.1, 0.15) is 12.4 Å². The molecule has 1 fully saturated rings. The van der Waals surface area contributed by atoms with Crippen LogP contribution in [0.5, 0.6) is 11.5 Å². The van der Waals surface area contributed by atoms with Crippen LogP contribution in [0.4, 0.5) is 5.69 Å². The molecule has 0 aliphatic carbocycles. The lowest BCUT2D eigenvalue weighted by Gasteiger charge is -2.28. The molecule has 1 heterocycles. The summed E-state index contributed by atoms with van der Waals surface area (Å²) in [7, 11) is 3.40. The number of rotatable bonds is 9. The number of likely N-dealkylation sites (N-methyl/N-ethyl adjacent to an activating group) is 1. The number of methoxy groups -OCH3 is 1. The summed E-state index contributed by atoms with van der Waals surface area (Å²) in [4.78, 5) is 15.0. The SMILES string of the molecule is COc1cc(OCCN(C)CCN2CCOCC2)c(Cl)cc1[N+](=O)[O-]. The summed E-state index contributed by atoms with van der Waals surface area (Å²) < 4.78 is 16.0. The molecule has 0 atom stereocenters. The molecule has 1 aliphatic rings. The molecule has 1 aromatic carbocycles. The van der Waals surface area contributed by atoms with Gasteiger partial charge < -0.3 is 19.1 Å². The van der Waals surface area contributed by atoms with E-state index in [0.29, 0.717) is 12.4 Å². The average Bonchev–Trinajstić information content (AvgIpc) is 2.61. The maximum atomic E-state index is 11.0. The van der Waals surface area contributed by atoms with Crippen molar-refractivity contribution >= 4 is 17.3 Å². The van der Waals surface area contributed by atoms with E-state index in [4.69, 9.17) is 25.8 Å². The predicted molar refractivity (Wildman–Crippen MR) is 94.9 cm³/mol. The van der Waals surface area contributed by atoms with Gasteiger partial charge in [-0.25, -0.2) is 0 Å². The summed E-state index contributed by atoms with van der Waals surface area (Å²) in [5.74, 6) is 0.510. The second-order valence-corrected chi connectivity index (χ2v) is 6.22. The maximum Gasteiger partial charge on any atom is 0.312 e. The first-order valence-electron chi connectivity index (χ1n) is 8.14. The lowest BCUT2D eigenvalue weighted by Crippen LogP contribution is -2.41. The highest BCUT2D eigenvalue weighted by Crippen LogP contribution is 2.37.